The van der Waals surface area contributed by atoms with Crippen molar-refractivity contribution in [3.8, 4) is 23.0 Å². The molecule has 2 atom stereocenters. The summed E-state index contributed by atoms with van der Waals surface area (Å²) >= 11 is 0. The third-order valence-corrected chi connectivity index (χ3v) is 6.15. The number of ketones is 1. The molecule has 4 rings (SSSR count). The van der Waals surface area contributed by atoms with Gasteiger partial charge < -0.3 is 29.0 Å². The van der Waals surface area contributed by atoms with Gasteiger partial charge in [0, 0.05) is 12.6 Å². The van der Waals surface area contributed by atoms with Crippen molar-refractivity contribution in [3.63, 3.8) is 0 Å². The molecule has 1 amide bonds. The molecule has 3 aromatic rings. The molecule has 206 valence electrons. The van der Waals surface area contributed by atoms with Gasteiger partial charge in [0.1, 0.15) is 11.5 Å². The van der Waals surface area contributed by atoms with Crippen molar-refractivity contribution in [3.05, 3.63) is 82.9 Å². The number of carbonyl (C=O) groups is 2. The van der Waals surface area contributed by atoms with Gasteiger partial charge in [-0.3, -0.25) is 4.79 Å². The van der Waals surface area contributed by atoms with Crippen LogP contribution in [0.5, 0.6) is 23.0 Å². The van der Waals surface area contributed by atoms with E-state index < -0.39 is 35.8 Å². The van der Waals surface area contributed by atoms with Gasteiger partial charge in [-0.2, -0.15) is 13.2 Å². The monoisotopic (exact) mass is 545 g/mol. The average molecular weight is 546 g/mol. The van der Waals surface area contributed by atoms with Gasteiger partial charge in [0.2, 0.25) is 11.9 Å². The van der Waals surface area contributed by atoms with Crippen molar-refractivity contribution < 1.29 is 46.4 Å². The smallest absolute Gasteiger partial charge is 0.416 e. The number of nitrogens with one attached hydrogen (secondary N) is 1. The summed E-state index contributed by atoms with van der Waals surface area (Å²) in [7, 11) is 4.46. The van der Waals surface area contributed by atoms with Crippen LogP contribution in [0.15, 0.2) is 60.7 Å². The Bertz CT molecular complexity index is 1360. The molecule has 0 unspecified atom stereocenters. The molecule has 8 nitrogen and oxygen atoms in total. The van der Waals surface area contributed by atoms with Crippen LogP contribution in [-0.4, -0.2) is 45.9 Å². The van der Waals surface area contributed by atoms with Gasteiger partial charge in [-0.1, -0.05) is 18.2 Å². The predicted molar refractivity (Wildman–Crippen MR) is 134 cm³/mol. The summed E-state index contributed by atoms with van der Waals surface area (Å²) < 4.78 is 67.2. The number of halogens is 3. The first-order valence-electron chi connectivity index (χ1n) is 11.9. The van der Waals surface area contributed by atoms with Gasteiger partial charge in [0.05, 0.1) is 32.5 Å². The quantitative estimate of drug-likeness (QED) is 0.406. The second-order valence-electron chi connectivity index (χ2n) is 8.58. The molecule has 1 N–H and O–H groups in total. The molecule has 0 aromatic heterocycles. The number of amides is 1. The van der Waals surface area contributed by atoms with E-state index >= 15 is 0 Å². The minimum Gasteiger partial charge on any atom is -0.497 e. The summed E-state index contributed by atoms with van der Waals surface area (Å²) in [6, 6.07) is 14.1. The first kappa shape index (κ1) is 27.6. The number of ether oxygens (including phenoxy) is 5. The number of fused-ring (bicyclic) bond motifs is 1. The molecule has 0 fully saturated rings. The first-order chi connectivity index (χ1) is 18.6. The lowest BCUT2D eigenvalue weighted by atomic mass is 9.92. The minimum absolute atomic E-state index is 0.0229. The lowest BCUT2D eigenvalue weighted by Crippen LogP contribution is -2.42. The van der Waals surface area contributed by atoms with Crippen molar-refractivity contribution >= 4 is 11.9 Å². The Hall–Kier alpha value is -4.41. The van der Waals surface area contributed by atoms with Crippen LogP contribution in [0.4, 0.5) is 18.0 Å². The van der Waals surface area contributed by atoms with Crippen LogP contribution >= 0.6 is 0 Å². The van der Waals surface area contributed by atoms with Gasteiger partial charge >= 0.3 is 12.3 Å². The van der Waals surface area contributed by atoms with Gasteiger partial charge in [0.25, 0.3) is 0 Å². The Morgan fingerprint density at radius 2 is 1.72 bits per heavy atom. The van der Waals surface area contributed by atoms with Gasteiger partial charge in [-0.25, -0.2) is 4.79 Å². The zero-order valence-corrected chi connectivity index (χ0v) is 21.3. The molecular weight excluding hydrogens is 519 g/mol. The topological polar surface area (TPSA) is 92.3 Å². The highest BCUT2D eigenvalue weighted by Crippen LogP contribution is 2.40. The maximum Gasteiger partial charge on any atom is 0.416 e. The van der Waals surface area contributed by atoms with Crippen molar-refractivity contribution in [1.29, 1.82) is 0 Å². The number of carbonyl (C=O) groups excluding carboxylic acids is 2. The summed E-state index contributed by atoms with van der Waals surface area (Å²) in [6.45, 7) is 0.151. The largest absolute Gasteiger partial charge is 0.497 e. The molecule has 1 aliphatic heterocycles. The normalized spacial score (nSPS) is 16.5. The fourth-order valence-electron chi connectivity index (χ4n) is 4.17. The molecule has 0 radical (unpaired) electrons. The second kappa shape index (κ2) is 11.5. The van der Waals surface area contributed by atoms with E-state index in [-0.39, 0.29) is 23.4 Å². The number of hydrogen-bond acceptors (Lipinski definition) is 7. The molecule has 0 saturated carbocycles. The lowest BCUT2D eigenvalue weighted by Gasteiger charge is -2.32. The van der Waals surface area contributed by atoms with E-state index in [2.05, 4.69) is 5.32 Å². The van der Waals surface area contributed by atoms with Crippen molar-refractivity contribution in [2.24, 2.45) is 0 Å². The molecule has 3 aromatic carbocycles. The Kier molecular flexibility index (Phi) is 8.18. The third-order valence-electron chi connectivity index (χ3n) is 6.15. The summed E-state index contributed by atoms with van der Waals surface area (Å²) in [6.07, 6.45) is -7.99. The molecule has 0 aliphatic carbocycles. The molecule has 0 saturated heterocycles. The number of rotatable bonds is 8. The molecule has 1 aliphatic rings. The minimum atomic E-state index is -4.62. The fourth-order valence-corrected chi connectivity index (χ4v) is 4.17. The second-order valence-corrected chi connectivity index (χ2v) is 8.58. The fraction of sp³-hybridized carbons (Fsp3) is 0.286. The Balaban J connectivity index is 1.54. The van der Waals surface area contributed by atoms with E-state index in [4.69, 9.17) is 23.7 Å². The predicted octanol–water partition coefficient (Wildman–Crippen LogP) is 5.39. The van der Waals surface area contributed by atoms with Crippen molar-refractivity contribution in [2.75, 3.05) is 27.9 Å². The van der Waals surface area contributed by atoms with Gasteiger partial charge in [-0.05, 0) is 53.9 Å². The number of alkyl carbamates (subject to hydrolysis) is 1. The number of hydrogen-bond donors (Lipinski definition) is 1. The number of methoxy groups -OCH3 is 3. The molecule has 0 bridgehead atoms. The number of benzene rings is 3. The molecule has 39 heavy (non-hydrogen) atoms. The van der Waals surface area contributed by atoms with Crippen LogP contribution in [0.25, 0.3) is 0 Å². The van der Waals surface area contributed by atoms with E-state index in [1.165, 1.54) is 51.7 Å². The molecular formula is C28H26F3NO7. The highest BCUT2D eigenvalue weighted by atomic mass is 19.4. The summed E-state index contributed by atoms with van der Waals surface area (Å²) in [5, 5.41) is 2.57. The Morgan fingerprint density at radius 1 is 0.949 bits per heavy atom. The SMILES string of the molecule is COc1ccc2c(c1)O[C@@H](c1cccc(C(F)(F)F)c1)[C@H](OC(=O)NCCc1ccc(OC)c(OC)c1)C2=O. The molecule has 11 heteroatoms. The molecule has 0 spiro atoms. The van der Waals surface area contributed by atoms with Gasteiger partial charge in [-0.15, -0.1) is 0 Å². The standard InChI is InChI=1S/C28H26F3NO7/c1-35-19-8-9-20-22(15-19)38-25(17-5-4-6-18(14-17)28(29,30)31)26(24(20)33)39-27(34)32-12-11-16-7-10-21(36-2)23(13-16)37-3/h4-10,13-15,25-26H,11-12H2,1-3H3,(H,32,34)/t25-,26+/m0/s1. The van der Waals surface area contributed by atoms with Crippen LogP contribution in [0, 0.1) is 0 Å². The van der Waals surface area contributed by atoms with Crippen LogP contribution in [0.2, 0.25) is 0 Å². The van der Waals surface area contributed by atoms with E-state index in [1.54, 1.807) is 12.1 Å². The summed E-state index contributed by atoms with van der Waals surface area (Å²) in [5.41, 5.74) is 0.0530. The summed E-state index contributed by atoms with van der Waals surface area (Å²) in [5.74, 6) is 0.966. The number of alkyl halides is 3. The highest BCUT2D eigenvalue weighted by molar-refractivity contribution is 6.04. The van der Waals surface area contributed by atoms with Crippen LogP contribution in [0.3, 0.4) is 0 Å². The van der Waals surface area contributed by atoms with Crippen molar-refractivity contribution in [2.45, 2.75) is 24.8 Å². The highest BCUT2D eigenvalue weighted by Gasteiger charge is 2.42. The average Bonchev–Trinajstić information content (AvgIpc) is 2.93. The maximum atomic E-state index is 13.4. The zero-order valence-electron chi connectivity index (χ0n) is 21.3. The van der Waals surface area contributed by atoms with Crippen LogP contribution in [0.1, 0.15) is 33.2 Å². The van der Waals surface area contributed by atoms with Gasteiger partial charge in [0.15, 0.2) is 17.6 Å². The van der Waals surface area contributed by atoms with E-state index in [9.17, 15) is 22.8 Å². The van der Waals surface area contributed by atoms with E-state index in [1.807, 2.05) is 6.07 Å². The van der Waals surface area contributed by atoms with Crippen LogP contribution < -0.4 is 24.3 Å². The number of Topliss-reactive ketones (excluding diaryl/α,β-unsaturated/α-hetero) is 1. The third kappa shape index (κ3) is 6.19. The lowest BCUT2D eigenvalue weighted by molar-refractivity contribution is -0.137. The van der Waals surface area contributed by atoms with Crippen LogP contribution in [-0.2, 0) is 17.3 Å². The Morgan fingerprint density at radius 3 is 2.41 bits per heavy atom. The zero-order chi connectivity index (χ0) is 28.2. The molecule has 1 heterocycles. The first-order valence-corrected chi connectivity index (χ1v) is 11.9. The van der Waals surface area contributed by atoms with Crippen molar-refractivity contribution in [1.82, 2.24) is 5.32 Å². The van der Waals surface area contributed by atoms with E-state index in [0.29, 0.717) is 23.7 Å². The Labute approximate surface area is 222 Å². The van der Waals surface area contributed by atoms with E-state index in [0.717, 1.165) is 17.7 Å². The maximum absolute atomic E-state index is 13.4. The summed E-state index contributed by atoms with van der Waals surface area (Å²) in [4.78, 5) is 26.1.